The minimum absolute atomic E-state index is 0.113. The quantitative estimate of drug-likeness (QED) is 0.743. The van der Waals surface area contributed by atoms with Gasteiger partial charge in [-0.05, 0) is 18.2 Å². The summed E-state index contributed by atoms with van der Waals surface area (Å²) in [4.78, 5) is 13.1. The maximum atomic E-state index is 12.8. The summed E-state index contributed by atoms with van der Waals surface area (Å²) in [6.07, 6.45) is -4.04. The number of alkyl halides is 3. The van der Waals surface area contributed by atoms with Crippen molar-refractivity contribution in [1.29, 1.82) is 0 Å². The standard InChI is InChI=1S/C15H17F3N2O4S/c16-15(17,18)11-2-1-3-12(10-11)25(22,23)20-7-5-19(6-8-20)13-4-9-24-14(13)21/h1-3,10,13H,4-9H2/t13-/m0/s1. The Kier molecular flexibility index (Phi) is 4.78. The van der Waals surface area contributed by atoms with Gasteiger partial charge in [0.25, 0.3) is 0 Å². The molecular weight excluding hydrogens is 361 g/mol. The lowest BCUT2D eigenvalue weighted by Gasteiger charge is -2.35. The predicted molar refractivity (Wildman–Crippen MR) is 81.1 cm³/mol. The minimum Gasteiger partial charge on any atom is -0.464 e. The number of hydrogen-bond acceptors (Lipinski definition) is 5. The summed E-state index contributed by atoms with van der Waals surface area (Å²) in [7, 11) is -4.01. The Morgan fingerprint density at radius 3 is 2.36 bits per heavy atom. The van der Waals surface area contributed by atoms with Gasteiger partial charge in [0, 0.05) is 32.6 Å². The first kappa shape index (κ1) is 18.2. The molecule has 0 N–H and O–H groups in total. The average molecular weight is 378 g/mol. The van der Waals surface area contributed by atoms with Crippen LogP contribution in [0.5, 0.6) is 0 Å². The first-order valence-corrected chi connectivity index (χ1v) is 9.22. The number of sulfonamides is 1. The van der Waals surface area contributed by atoms with E-state index >= 15 is 0 Å². The average Bonchev–Trinajstić information content (AvgIpc) is 3.00. The van der Waals surface area contributed by atoms with E-state index in [1.54, 1.807) is 0 Å². The van der Waals surface area contributed by atoms with Gasteiger partial charge in [-0.15, -0.1) is 0 Å². The van der Waals surface area contributed by atoms with E-state index < -0.39 is 21.8 Å². The van der Waals surface area contributed by atoms with E-state index in [4.69, 9.17) is 4.74 Å². The van der Waals surface area contributed by atoms with E-state index in [1.165, 1.54) is 0 Å². The van der Waals surface area contributed by atoms with E-state index in [0.717, 1.165) is 22.5 Å². The molecule has 2 aliphatic rings. The van der Waals surface area contributed by atoms with Gasteiger partial charge in [-0.3, -0.25) is 9.69 Å². The summed E-state index contributed by atoms with van der Waals surface area (Å²) >= 11 is 0. The fraction of sp³-hybridized carbons (Fsp3) is 0.533. The Labute approximate surface area is 143 Å². The van der Waals surface area contributed by atoms with Gasteiger partial charge in [0.2, 0.25) is 10.0 Å². The molecule has 2 saturated heterocycles. The van der Waals surface area contributed by atoms with E-state index in [-0.39, 0.29) is 30.0 Å². The summed E-state index contributed by atoms with van der Waals surface area (Å²) in [6.45, 7) is 1.24. The minimum atomic E-state index is -4.60. The Bertz CT molecular complexity index is 758. The van der Waals surface area contributed by atoms with Gasteiger partial charge in [0.05, 0.1) is 17.1 Å². The summed E-state index contributed by atoms with van der Waals surface area (Å²) < 4.78 is 69.7. The lowest BCUT2D eigenvalue weighted by molar-refractivity contribution is -0.142. The summed E-state index contributed by atoms with van der Waals surface area (Å²) in [5.74, 6) is -0.311. The lowest BCUT2D eigenvalue weighted by Crippen LogP contribution is -2.52. The molecule has 6 nitrogen and oxygen atoms in total. The molecule has 25 heavy (non-hydrogen) atoms. The van der Waals surface area contributed by atoms with Gasteiger partial charge in [0.1, 0.15) is 6.04 Å². The number of hydrogen-bond donors (Lipinski definition) is 0. The van der Waals surface area contributed by atoms with Crippen molar-refractivity contribution in [3.8, 4) is 0 Å². The number of cyclic esters (lactones) is 1. The van der Waals surface area contributed by atoms with Crippen molar-refractivity contribution < 1.29 is 31.1 Å². The molecule has 0 radical (unpaired) electrons. The van der Waals surface area contributed by atoms with Gasteiger partial charge in [-0.1, -0.05) is 6.07 Å². The normalized spacial score (nSPS) is 23.6. The Morgan fingerprint density at radius 1 is 1.12 bits per heavy atom. The van der Waals surface area contributed by atoms with Gasteiger partial charge in [0.15, 0.2) is 0 Å². The number of rotatable bonds is 3. The zero-order valence-corrected chi connectivity index (χ0v) is 14.0. The molecule has 10 heteroatoms. The maximum absolute atomic E-state index is 12.8. The molecule has 0 aromatic heterocycles. The van der Waals surface area contributed by atoms with Gasteiger partial charge in [-0.2, -0.15) is 17.5 Å². The van der Waals surface area contributed by atoms with Crippen LogP contribution < -0.4 is 0 Å². The van der Waals surface area contributed by atoms with E-state index in [1.807, 2.05) is 4.90 Å². The molecule has 2 fully saturated rings. The van der Waals surface area contributed by atoms with Crippen LogP contribution in [0.2, 0.25) is 0 Å². The monoisotopic (exact) mass is 378 g/mol. The largest absolute Gasteiger partial charge is 0.464 e. The topological polar surface area (TPSA) is 66.9 Å². The van der Waals surface area contributed by atoms with Crippen LogP contribution in [0, 0.1) is 0 Å². The van der Waals surface area contributed by atoms with E-state index in [9.17, 15) is 26.4 Å². The number of piperazine rings is 1. The second kappa shape index (κ2) is 6.58. The molecule has 0 spiro atoms. The third-order valence-corrected chi connectivity index (χ3v) is 6.32. The number of halogens is 3. The second-order valence-electron chi connectivity index (χ2n) is 5.94. The zero-order chi connectivity index (χ0) is 18.2. The summed E-state index contributed by atoms with van der Waals surface area (Å²) in [5, 5.41) is 0. The number of esters is 1. The molecule has 0 saturated carbocycles. The highest BCUT2D eigenvalue weighted by atomic mass is 32.2. The van der Waals surface area contributed by atoms with Crippen LogP contribution in [0.15, 0.2) is 29.2 Å². The molecule has 1 atom stereocenters. The number of nitrogens with zero attached hydrogens (tertiary/aromatic N) is 2. The highest BCUT2D eigenvalue weighted by Gasteiger charge is 2.37. The van der Waals surface area contributed by atoms with Crippen molar-refractivity contribution in [2.45, 2.75) is 23.5 Å². The van der Waals surface area contributed by atoms with Gasteiger partial charge >= 0.3 is 12.1 Å². The molecule has 0 bridgehead atoms. The molecule has 2 heterocycles. The molecular formula is C15H17F3N2O4S. The maximum Gasteiger partial charge on any atom is 0.416 e. The van der Waals surface area contributed by atoms with Crippen LogP contribution in [0.3, 0.4) is 0 Å². The van der Waals surface area contributed by atoms with Crippen LogP contribution >= 0.6 is 0 Å². The predicted octanol–water partition coefficient (Wildman–Crippen LogP) is 1.33. The third-order valence-electron chi connectivity index (χ3n) is 4.42. The van der Waals surface area contributed by atoms with Crippen LogP contribution in [-0.4, -0.2) is 62.4 Å². The van der Waals surface area contributed by atoms with Crippen LogP contribution in [0.1, 0.15) is 12.0 Å². The van der Waals surface area contributed by atoms with Crippen LogP contribution in [-0.2, 0) is 25.7 Å². The molecule has 138 valence electrons. The van der Waals surface area contributed by atoms with Crippen molar-refractivity contribution in [2.24, 2.45) is 0 Å². The molecule has 2 aliphatic heterocycles. The zero-order valence-electron chi connectivity index (χ0n) is 13.2. The fourth-order valence-electron chi connectivity index (χ4n) is 3.05. The Morgan fingerprint density at radius 2 is 1.80 bits per heavy atom. The van der Waals surface area contributed by atoms with Crippen molar-refractivity contribution in [1.82, 2.24) is 9.21 Å². The third kappa shape index (κ3) is 3.65. The number of ether oxygens (including phenoxy) is 1. The molecule has 1 aromatic carbocycles. The lowest BCUT2D eigenvalue weighted by atomic mass is 10.2. The van der Waals surface area contributed by atoms with Gasteiger partial charge in [-0.25, -0.2) is 8.42 Å². The van der Waals surface area contributed by atoms with E-state index in [0.29, 0.717) is 32.2 Å². The van der Waals surface area contributed by atoms with Crippen molar-refractivity contribution in [3.05, 3.63) is 29.8 Å². The first-order valence-electron chi connectivity index (χ1n) is 7.78. The highest BCUT2D eigenvalue weighted by molar-refractivity contribution is 7.89. The van der Waals surface area contributed by atoms with Crippen molar-refractivity contribution >= 4 is 16.0 Å². The Hall–Kier alpha value is -1.65. The summed E-state index contributed by atoms with van der Waals surface area (Å²) in [5.41, 5.74) is -0.999. The van der Waals surface area contributed by atoms with Crippen molar-refractivity contribution in [3.63, 3.8) is 0 Å². The summed E-state index contributed by atoms with van der Waals surface area (Å²) in [6, 6.07) is 3.36. The SMILES string of the molecule is O=C1OCC[C@@H]1N1CCN(S(=O)(=O)c2cccc(C(F)(F)F)c2)CC1. The Balaban J connectivity index is 1.73. The van der Waals surface area contributed by atoms with Crippen LogP contribution in [0.4, 0.5) is 13.2 Å². The highest BCUT2D eigenvalue weighted by Crippen LogP contribution is 2.31. The van der Waals surface area contributed by atoms with Crippen molar-refractivity contribution in [2.75, 3.05) is 32.8 Å². The van der Waals surface area contributed by atoms with Gasteiger partial charge < -0.3 is 4.74 Å². The second-order valence-corrected chi connectivity index (χ2v) is 7.88. The number of carbonyl (C=O) groups is 1. The number of benzene rings is 1. The van der Waals surface area contributed by atoms with Crippen LogP contribution in [0.25, 0.3) is 0 Å². The number of carbonyl (C=O) groups excluding carboxylic acids is 1. The van der Waals surface area contributed by atoms with E-state index in [2.05, 4.69) is 0 Å². The smallest absolute Gasteiger partial charge is 0.416 e. The molecule has 1 aromatic rings. The molecule has 3 rings (SSSR count). The fourth-order valence-corrected chi connectivity index (χ4v) is 4.52. The molecule has 0 amide bonds. The first-order chi connectivity index (χ1) is 11.7. The molecule has 0 aliphatic carbocycles. The molecule has 0 unspecified atom stereocenters.